The maximum Gasteiger partial charge on any atom is 0.250 e. The van der Waals surface area contributed by atoms with Gasteiger partial charge in [0.05, 0.1) is 10.4 Å². The second kappa shape index (κ2) is 7.68. The van der Waals surface area contributed by atoms with E-state index < -0.39 is 16.1 Å². The molecule has 0 fully saturated rings. The summed E-state index contributed by atoms with van der Waals surface area (Å²) in [6.07, 6.45) is -0.935. The zero-order chi connectivity index (χ0) is 17.9. The van der Waals surface area contributed by atoms with E-state index in [1.807, 2.05) is 42.5 Å². The summed E-state index contributed by atoms with van der Waals surface area (Å²) in [4.78, 5) is 0. The summed E-state index contributed by atoms with van der Waals surface area (Å²) >= 11 is 6.74. The summed E-state index contributed by atoms with van der Waals surface area (Å²) < 4.78 is 27.2. The zero-order valence-corrected chi connectivity index (χ0v) is 15.5. The molecular formula is C18H16ClNO3S2. The minimum absolute atomic E-state index is 0.109. The fourth-order valence-electron chi connectivity index (χ4n) is 2.35. The molecule has 4 nitrogen and oxygen atoms in total. The van der Waals surface area contributed by atoms with E-state index in [-0.39, 0.29) is 10.8 Å². The summed E-state index contributed by atoms with van der Waals surface area (Å²) in [5.41, 5.74) is 2.76. The Balaban J connectivity index is 1.66. The lowest BCUT2D eigenvalue weighted by Gasteiger charge is -2.13. The van der Waals surface area contributed by atoms with Crippen molar-refractivity contribution in [3.05, 3.63) is 76.6 Å². The molecule has 1 unspecified atom stereocenters. The lowest BCUT2D eigenvalue weighted by Crippen LogP contribution is -2.28. The number of nitrogens with one attached hydrogen (secondary N) is 1. The molecule has 0 saturated carbocycles. The van der Waals surface area contributed by atoms with E-state index in [0.29, 0.717) is 9.90 Å². The fourth-order valence-corrected chi connectivity index (χ4v) is 4.91. The molecule has 130 valence electrons. The van der Waals surface area contributed by atoms with Crippen molar-refractivity contribution in [2.24, 2.45) is 0 Å². The predicted octanol–water partition coefficient (Wildman–Crippen LogP) is 4.08. The molecule has 0 saturated heterocycles. The van der Waals surface area contributed by atoms with E-state index >= 15 is 0 Å². The number of sulfonamides is 1. The Bertz CT molecular complexity index is 938. The van der Waals surface area contributed by atoms with Crippen LogP contribution in [0.4, 0.5) is 0 Å². The first-order valence-corrected chi connectivity index (χ1v) is 10.2. The highest BCUT2D eigenvalue weighted by molar-refractivity contribution is 7.91. The van der Waals surface area contributed by atoms with Crippen LogP contribution < -0.4 is 4.72 Å². The Labute approximate surface area is 155 Å². The van der Waals surface area contributed by atoms with E-state index in [1.165, 1.54) is 12.1 Å². The molecule has 1 aromatic heterocycles. The van der Waals surface area contributed by atoms with Crippen LogP contribution in [0.15, 0.2) is 70.9 Å². The Hall–Kier alpha value is -1.70. The van der Waals surface area contributed by atoms with E-state index in [1.54, 1.807) is 12.1 Å². The molecule has 0 bridgehead atoms. The van der Waals surface area contributed by atoms with Crippen molar-refractivity contribution in [1.82, 2.24) is 4.72 Å². The number of rotatable bonds is 6. The van der Waals surface area contributed by atoms with Gasteiger partial charge in [-0.05, 0) is 28.8 Å². The number of hydrogen-bond donors (Lipinski definition) is 2. The third-order valence-corrected chi connectivity index (χ3v) is 6.83. The number of aliphatic hydroxyl groups excluding tert-OH is 1. The molecule has 0 aliphatic carbocycles. The summed E-state index contributed by atoms with van der Waals surface area (Å²) in [6.45, 7) is -0.109. The number of benzene rings is 2. The third-order valence-electron chi connectivity index (χ3n) is 3.68. The highest BCUT2D eigenvalue weighted by Gasteiger charge is 2.18. The van der Waals surface area contributed by atoms with Gasteiger partial charge in [-0.3, -0.25) is 0 Å². The fraction of sp³-hybridized carbons (Fsp3) is 0.111. The standard InChI is InChI=1S/C18H16ClNO3S2/c19-17-10-11-18(24-17)25(22,23)20-12-16(21)15-8-6-14(7-9-15)13-4-2-1-3-5-13/h1-11,16,20-21H,12H2. The van der Waals surface area contributed by atoms with Crippen LogP contribution in [0.3, 0.4) is 0 Å². The topological polar surface area (TPSA) is 66.4 Å². The maximum atomic E-state index is 12.1. The highest BCUT2D eigenvalue weighted by atomic mass is 35.5. The molecule has 25 heavy (non-hydrogen) atoms. The van der Waals surface area contributed by atoms with Gasteiger partial charge in [0, 0.05) is 6.54 Å². The normalized spacial score (nSPS) is 12.9. The number of hydrogen-bond acceptors (Lipinski definition) is 4. The van der Waals surface area contributed by atoms with Crippen LogP contribution in [0, 0.1) is 0 Å². The Kier molecular flexibility index (Phi) is 5.56. The van der Waals surface area contributed by atoms with Crippen molar-refractivity contribution in [2.45, 2.75) is 10.3 Å². The van der Waals surface area contributed by atoms with Crippen LogP contribution in [0.5, 0.6) is 0 Å². The second-order valence-corrected chi connectivity index (χ2v) is 9.12. The minimum Gasteiger partial charge on any atom is -0.387 e. The first-order valence-electron chi connectivity index (χ1n) is 7.54. The molecule has 1 atom stereocenters. The van der Waals surface area contributed by atoms with E-state index in [0.717, 1.165) is 22.5 Å². The first-order chi connectivity index (χ1) is 12.0. The number of thiophene rings is 1. The largest absolute Gasteiger partial charge is 0.387 e. The predicted molar refractivity (Wildman–Crippen MR) is 101 cm³/mol. The smallest absolute Gasteiger partial charge is 0.250 e. The molecule has 0 aliphatic rings. The van der Waals surface area contributed by atoms with Crippen LogP contribution >= 0.6 is 22.9 Å². The molecule has 0 radical (unpaired) electrons. The lowest BCUT2D eigenvalue weighted by molar-refractivity contribution is 0.182. The lowest BCUT2D eigenvalue weighted by atomic mass is 10.0. The van der Waals surface area contributed by atoms with Gasteiger partial charge >= 0.3 is 0 Å². The van der Waals surface area contributed by atoms with Gasteiger partial charge in [-0.2, -0.15) is 0 Å². The van der Waals surface area contributed by atoms with Crippen LogP contribution in [0.1, 0.15) is 11.7 Å². The van der Waals surface area contributed by atoms with Crippen molar-refractivity contribution >= 4 is 33.0 Å². The summed E-state index contributed by atoms with van der Waals surface area (Å²) in [6, 6.07) is 20.3. The average molecular weight is 394 g/mol. The quantitative estimate of drug-likeness (QED) is 0.663. The van der Waals surface area contributed by atoms with Crippen LogP contribution in [0.25, 0.3) is 11.1 Å². The van der Waals surface area contributed by atoms with Crippen LogP contribution in [-0.2, 0) is 10.0 Å². The summed E-state index contributed by atoms with van der Waals surface area (Å²) in [5.74, 6) is 0. The summed E-state index contributed by atoms with van der Waals surface area (Å²) in [5, 5.41) is 10.2. The maximum absolute atomic E-state index is 12.1. The molecular weight excluding hydrogens is 378 g/mol. The molecule has 7 heteroatoms. The molecule has 2 N–H and O–H groups in total. The van der Waals surface area contributed by atoms with Crippen LogP contribution in [-0.4, -0.2) is 20.1 Å². The van der Waals surface area contributed by atoms with Crippen molar-refractivity contribution in [2.75, 3.05) is 6.54 Å². The number of halogens is 1. The molecule has 1 heterocycles. The van der Waals surface area contributed by atoms with E-state index in [9.17, 15) is 13.5 Å². The second-order valence-electron chi connectivity index (χ2n) is 5.41. The Morgan fingerprint density at radius 2 is 1.60 bits per heavy atom. The highest BCUT2D eigenvalue weighted by Crippen LogP contribution is 2.26. The average Bonchev–Trinajstić information content (AvgIpc) is 3.08. The molecule has 3 aromatic rings. The molecule has 0 amide bonds. The Morgan fingerprint density at radius 3 is 2.20 bits per heavy atom. The number of aliphatic hydroxyl groups is 1. The Morgan fingerprint density at radius 1 is 0.960 bits per heavy atom. The van der Waals surface area contributed by atoms with Crippen LogP contribution in [0.2, 0.25) is 4.34 Å². The molecule has 0 spiro atoms. The first kappa shape index (κ1) is 18.1. The molecule has 3 rings (SSSR count). The zero-order valence-electron chi connectivity index (χ0n) is 13.1. The van der Waals surface area contributed by atoms with Gasteiger partial charge in [-0.15, -0.1) is 11.3 Å². The molecule has 0 aliphatic heterocycles. The van der Waals surface area contributed by atoms with Crippen molar-refractivity contribution in [3.8, 4) is 11.1 Å². The van der Waals surface area contributed by atoms with E-state index in [4.69, 9.17) is 11.6 Å². The van der Waals surface area contributed by atoms with Gasteiger partial charge < -0.3 is 5.11 Å². The SMILES string of the molecule is O=S(=O)(NCC(O)c1ccc(-c2ccccc2)cc1)c1ccc(Cl)s1. The van der Waals surface area contributed by atoms with Gasteiger partial charge in [0.25, 0.3) is 0 Å². The minimum atomic E-state index is -3.67. The van der Waals surface area contributed by atoms with Gasteiger partial charge in [-0.25, -0.2) is 13.1 Å². The van der Waals surface area contributed by atoms with Gasteiger partial charge in [-0.1, -0.05) is 66.2 Å². The monoisotopic (exact) mass is 393 g/mol. The van der Waals surface area contributed by atoms with Gasteiger partial charge in [0.1, 0.15) is 4.21 Å². The third kappa shape index (κ3) is 4.48. The van der Waals surface area contributed by atoms with Crippen molar-refractivity contribution in [3.63, 3.8) is 0 Å². The van der Waals surface area contributed by atoms with Gasteiger partial charge in [0.15, 0.2) is 0 Å². The van der Waals surface area contributed by atoms with E-state index in [2.05, 4.69) is 4.72 Å². The molecule has 2 aromatic carbocycles. The van der Waals surface area contributed by atoms with Gasteiger partial charge in [0.2, 0.25) is 10.0 Å². The van der Waals surface area contributed by atoms with Crippen molar-refractivity contribution < 1.29 is 13.5 Å². The summed E-state index contributed by atoms with van der Waals surface area (Å²) in [7, 11) is -3.67. The van der Waals surface area contributed by atoms with Crippen molar-refractivity contribution in [1.29, 1.82) is 0 Å².